The number of aryl methyl sites for hydroxylation is 1. The maximum Gasteiger partial charge on any atom is 0.265 e. The van der Waals surface area contributed by atoms with Crippen LogP contribution < -0.4 is 5.56 Å². The second kappa shape index (κ2) is 3.29. The van der Waals surface area contributed by atoms with Crippen LogP contribution in [-0.2, 0) is 19.4 Å². The summed E-state index contributed by atoms with van der Waals surface area (Å²) in [5, 5.41) is 0. The molecule has 1 aromatic rings. The standard InChI is InChI=1S/C10H12BrNO/c1-2-12-9-5-3-4-7(9)6-8(11)10(12)13/h6H,2-5H2,1H3. The summed E-state index contributed by atoms with van der Waals surface area (Å²) in [4.78, 5) is 11.7. The molecule has 1 aliphatic rings. The maximum absolute atomic E-state index is 11.7. The van der Waals surface area contributed by atoms with Crippen LogP contribution in [0.4, 0.5) is 0 Å². The van der Waals surface area contributed by atoms with Crippen molar-refractivity contribution in [1.29, 1.82) is 0 Å². The highest BCUT2D eigenvalue weighted by atomic mass is 79.9. The SMILES string of the molecule is CCn1c2c(cc(Br)c1=O)CCC2. The topological polar surface area (TPSA) is 22.0 Å². The van der Waals surface area contributed by atoms with Gasteiger partial charge in [0.2, 0.25) is 0 Å². The molecule has 1 aliphatic carbocycles. The largest absolute Gasteiger partial charge is 0.312 e. The molecule has 2 rings (SSSR count). The first-order valence-electron chi connectivity index (χ1n) is 4.65. The summed E-state index contributed by atoms with van der Waals surface area (Å²) in [6.45, 7) is 2.80. The van der Waals surface area contributed by atoms with Crippen LogP contribution in [0.3, 0.4) is 0 Å². The molecule has 0 N–H and O–H groups in total. The molecule has 0 saturated carbocycles. The van der Waals surface area contributed by atoms with Gasteiger partial charge >= 0.3 is 0 Å². The lowest BCUT2D eigenvalue weighted by Crippen LogP contribution is -2.23. The van der Waals surface area contributed by atoms with E-state index in [0.717, 1.165) is 19.4 Å². The minimum Gasteiger partial charge on any atom is -0.312 e. The number of nitrogens with zero attached hydrogens (tertiary/aromatic N) is 1. The summed E-state index contributed by atoms with van der Waals surface area (Å²) in [5.41, 5.74) is 2.70. The molecule has 1 heterocycles. The molecule has 2 nitrogen and oxygen atoms in total. The Bertz CT molecular complexity index is 395. The fourth-order valence-corrected chi connectivity index (χ4v) is 2.51. The van der Waals surface area contributed by atoms with E-state index in [2.05, 4.69) is 15.9 Å². The third-order valence-electron chi connectivity index (χ3n) is 2.62. The van der Waals surface area contributed by atoms with Gasteiger partial charge in [0.25, 0.3) is 5.56 Å². The Morgan fingerprint density at radius 1 is 1.54 bits per heavy atom. The van der Waals surface area contributed by atoms with Crippen LogP contribution >= 0.6 is 15.9 Å². The monoisotopic (exact) mass is 241 g/mol. The highest BCUT2D eigenvalue weighted by Gasteiger charge is 2.16. The van der Waals surface area contributed by atoms with Crippen LogP contribution in [0, 0.1) is 0 Å². The number of fused-ring (bicyclic) bond motifs is 1. The predicted octanol–water partition coefficient (Wildman–Crippen LogP) is 2.12. The van der Waals surface area contributed by atoms with E-state index >= 15 is 0 Å². The zero-order valence-corrected chi connectivity index (χ0v) is 9.23. The first-order chi connectivity index (χ1) is 6.24. The minimum atomic E-state index is 0.114. The summed E-state index contributed by atoms with van der Waals surface area (Å²) in [5.74, 6) is 0. The van der Waals surface area contributed by atoms with Crippen molar-refractivity contribution in [3.05, 3.63) is 32.2 Å². The highest BCUT2D eigenvalue weighted by molar-refractivity contribution is 9.10. The summed E-state index contributed by atoms with van der Waals surface area (Å²) >= 11 is 3.31. The van der Waals surface area contributed by atoms with Gasteiger partial charge in [0.15, 0.2) is 0 Å². The van der Waals surface area contributed by atoms with Crippen molar-refractivity contribution in [3.63, 3.8) is 0 Å². The molecule has 0 atom stereocenters. The van der Waals surface area contributed by atoms with E-state index in [0.29, 0.717) is 4.47 Å². The van der Waals surface area contributed by atoms with E-state index in [4.69, 9.17) is 0 Å². The Morgan fingerprint density at radius 3 is 3.00 bits per heavy atom. The van der Waals surface area contributed by atoms with E-state index in [-0.39, 0.29) is 5.56 Å². The van der Waals surface area contributed by atoms with Crippen molar-refractivity contribution in [2.24, 2.45) is 0 Å². The molecule has 0 saturated heterocycles. The van der Waals surface area contributed by atoms with Crippen LogP contribution in [0.25, 0.3) is 0 Å². The third kappa shape index (κ3) is 1.35. The lowest BCUT2D eigenvalue weighted by molar-refractivity contribution is 0.678. The first-order valence-corrected chi connectivity index (χ1v) is 5.44. The van der Waals surface area contributed by atoms with Gasteiger partial charge in [-0.1, -0.05) is 0 Å². The molecule has 3 heteroatoms. The van der Waals surface area contributed by atoms with E-state index in [9.17, 15) is 4.79 Å². The number of rotatable bonds is 1. The number of hydrogen-bond acceptors (Lipinski definition) is 1. The average molecular weight is 242 g/mol. The van der Waals surface area contributed by atoms with Crippen LogP contribution in [-0.4, -0.2) is 4.57 Å². The average Bonchev–Trinajstić information content (AvgIpc) is 2.54. The van der Waals surface area contributed by atoms with Gasteiger partial charge in [0.1, 0.15) is 0 Å². The summed E-state index contributed by atoms with van der Waals surface area (Å²) in [6.07, 6.45) is 3.37. The van der Waals surface area contributed by atoms with Crippen LogP contribution in [0.15, 0.2) is 15.3 Å². The Labute approximate surface area is 85.7 Å². The molecule has 0 radical (unpaired) electrons. The number of pyridine rings is 1. The summed E-state index contributed by atoms with van der Waals surface area (Å²) < 4.78 is 2.59. The minimum absolute atomic E-state index is 0.114. The van der Waals surface area contributed by atoms with Crippen LogP contribution in [0.2, 0.25) is 0 Å². The normalized spacial score (nSPS) is 14.6. The van der Waals surface area contributed by atoms with E-state index in [1.165, 1.54) is 17.7 Å². The second-order valence-electron chi connectivity index (χ2n) is 3.37. The molecule has 0 bridgehead atoms. The van der Waals surface area contributed by atoms with Gasteiger partial charge in [-0.05, 0) is 53.7 Å². The lowest BCUT2D eigenvalue weighted by atomic mass is 10.2. The Morgan fingerprint density at radius 2 is 2.31 bits per heavy atom. The fourth-order valence-electron chi connectivity index (χ4n) is 2.02. The maximum atomic E-state index is 11.7. The molecular formula is C10H12BrNO. The summed E-state index contributed by atoms with van der Waals surface area (Å²) in [7, 11) is 0. The zero-order valence-electron chi connectivity index (χ0n) is 7.64. The third-order valence-corrected chi connectivity index (χ3v) is 3.19. The van der Waals surface area contributed by atoms with Crippen LogP contribution in [0.1, 0.15) is 24.6 Å². The number of aromatic nitrogens is 1. The summed E-state index contributed by atoms with van der Waals surface area (Å²) in [6, 6.07) is 1.98. The smallest absolute Gasteiger partial charge is 0.265 e. The molecule has 0 aliphatic heterocycles. The van der Waals surface area contributed by atoms with Gasteiger partial charge in [0, 0.05) is 12.2 Å². The number of hydrogen-bond donors (Lipinski definition) is 0. The first kappa shape index (κ1) is 9.00. The lowest BCUT2D eigenvalue weighted by Gasteiger charge is -2.09. The Balaban J connectivity index is 2.72. The van der Waals surface area contributed by atoms with Gasteiger partial charge in [-0.2, -0.15) is 0 Å². The zero-order chi connectivity index (χ0) is 9.42. The van der Waals surface area contributed by atoms with Crippen molar-refractivity contribution in [2.75, 3.05) is 0 Å². The fraction of sp³-hybridized carbons (Fsp3) is 0.500. The Hall–Kier alpha value is -0.570. The molecule has 0 amide bonds. The quantitative estimate of drug-likeness (QED) is 0.739. The molecule has 13 heavy (non-hydrogen) atoms. The van der Waals surface area contributed by atoms with Gasteiger partial charge in [0.05, 0.1) is 4.47 Å². The Kier molecular flexibility index (Phi) is 2.28. The van der Waals surface area contributed by atoms with Gasteiger partial charge < -0.3 is 4.57 Å². The van der Waals surface area contributed by atoms with Crippen molar-refractivity contribution < 1.29 is 0 Å². The highest BCUT2D eigenvalue weighted by Crippen LogP contribution is 2.22. The van der Waals surface area contributed by atoms with Gasteiger partial charge in [-0.3, -0.25) is 4.79 Å². The molecule has 0 fully saturated rings. The van der Waals surface area contributed by atoms with Crippen LogP contribution in [0.5, 0.6) is 0 Å². The second-order valence-corrected chi connectivity index (χ2v) is 4.22. The van der Waals surface area contributed by atoms with Crippen molar-refractivity contribution >= 4 is 15.9 Å². The molecule has 70 valence electrons. The van der Waals surface area contributed by atoms with Crippen molar-refractivity contribution in [3.8, 4) is 0 Å². The molecule has 1 aromatic heterocycles. The van der Waals surface area contributed by atoms with Crippen molar-refractivity contribution in [2.45, 2.75) is 32.7 Å². The van der Waals surface area contributed by atoms with E-state index < -0.39 is 0 Å². The van der Waals surface area contributed by atoms with Gasteiger partial charge in [-0.25, -0.2) is 0 Å². The number of halogens is 1. The molecule has 0 unspecified atom stereocenters. The van der Waals surface area contributed by atoms with Gasteiger partial charge in [-0.15, -0.1) is 0 Å². The van der Waals surface area contributed by atoms with Crippen molar-refractivity contribution in [1.82, 2.24) is 4.57 Å². The predicted molar refractivity (Wildman–Crippen MR) is 56.1 cm³/mol. The molecular weight excluding hydrogens is 230 g/mol. The molecule has 0 spiro atoms. The van der Waals surface area contributed by atoms with E-state index in [1.54, 1.807) is 0 Å². The van der Waals surface area contributed by atoms with E-state index in [1.807, 2.05) is 17.6 Å². The molecule has 0 aromatic carbocycles.